The highest BCUT2D eigenvalue weighted by molar-refractivity contribution is 5.96. The highest BCUT2D eigenvalue weighted by Crippen LogP contribution is 2.33. The van der Waals surface area contributed by atoms with Crippen LogP contribution in [0.25, 0.3) is 0 Å². The number of aryl methyl sites for hydroxylation is 2. The lowest BCUT2D eigenvalue weighted by Gasteiger charge is -2.09. The smallest absolute Gasteiger partial charge is 0.345 e. The number of hydrogen-bond donors (Lipinski definition) is 2. The van der Waals surface area contributed by atoms with E-state index in [1.807, 2.05) is 0 Å². The van der Waals surface area contributed by atoms with E-state index in [1.54, 1.807) is 19.9 Å². The molecule has 0 fully saturated rings. The molecule has 14 heavy (non-hydrogen) atoms. The molecule has 0 spiro atoms. The second kappa shape index (κ2) is 3.57. The highest BCUT2D eigenvalue weighted by Gasteiger charge is 2.20. The molecule has 0 atom stereocenters. The first-order valence-corrected chi connectivity index (χ1v) is 4.09. The van der Waals surface area contributed by atoms with Crippen LogP contribution in [0.2, 0.25) is 0 Å². The van der Waals surface area contributed by atoms with E-state index < -0.39 is 5.97 Å². The Morgan fingerprint density at radius 3 is 2.00 bits per heavy atom. The summed E-state index contributed by atoms with van der Waals surface area (Å²) in [5.74, 6) is -1.22. The van der Waals surface area contributed by atoms with E-state index in [0.717, 1.165) is 0 Å². The van der Waals surface area contributed by atoms with Crippen LogP contribution in [0.4, 0.5) is 0 Å². The molecule has 0 heterocycles. The van der Waals surface area contributed by atoms with E-state index in [0.29, 0.717) is 11.1 Å². The summed E-state index contributed by atoms with van der Waals surface area (Å²) in [6.45, 7) is 3.29. The predicted octanol–water partition coefficient (Wildman–Crippen LogP) is 1.50. The van der Waals surface area contributed by atoms with E-state index in [2.05, 4.69) is 4.74 Å². The number of rotatable bonds is 1. The van der Waals surface area contributed by atoms with Gasteiger partial charge in [0.1, 0.15) is 17.1 Å². The highest BCUT2D eigenvalue weighted by atomic mass is 16.5. The first-order valence-electron chi connectivity index (χ1n) is 4.09. The van der Waals surface area contributed by atoms with Gasteiger partial charge < -0.3 is 14.9 Å². The number of benzene rings is 1. The van der Waals surface area contributed by atoms with Gasteiger partial charge in [-0.15, -0.1) is 0 Å². The van der Waals surface area contributed by atoms with Crippen LogP contribution in [0.1, 0.15) is 21.5 Å². The Morgan fingerprint density at radius 2 is 1.64 bits per heavy atom. The number of esters is 1. The molecular weight excluding hydrogens is 184 g/mol. The van der Waals surface area contributed by atoms with Gasteiger partial charge in [0.25, 0.3) is 0 Å². The van der Waals surface area contributed by atoms with Crippen molar-refractivity contribution in [3.05, 3.63) is 22.8 Å². The number of phenols is 2. The molecule has 1 rings (SSSR count). The lowest BCUT2D eigenvalue weighted by atomic mass is 10.0. The summed E-state index contributed by atoms with van der Waals surface area (Å²) in [5.41, 5.74) is 0.881. The Balaban J connectivity index is 3.47. The Bertz CT molecular complexity index is 356. The van der Waals surface area contributed by atoms with Gasteiger partial charge in [-0.05, 0) is 31.0 Å². The number of phenolic OH excluding ortho intramolecular Hbond substituents is 2. The van der Waals surface area contributed by atoms with Crippen LogP contribution in [-0.2, 0) is 4.74 Å². The lowest BCUT2D eigenvalue weighted by molar-refractivity contribution is 0.0593. The molecule has 4 nitrogen and oxygen atoms in total. The van der Waals surface area contributed by atoms with Crippen molar-refractivity contribution >= 4 is 5.97 Å². The van der Waals surface area contributed by atoms with Gasteiger partial charge in [-0.3, -0.25) is 0 Å². The molecule has 0 amide bonds. The third-order valence-corrected chi connectivity index (χ3v) is 2.04. The minimum Gasteiger partial charge on any atom is -0.507 e. The Kier molecular flexibility index (Phi) is 2.65. The van der Waals surface area contributed by atoms with Gasteiger partial charge in [0.05, 0.1) is 7.11 Å². The standard InChI is InChI=1S/C10H12O4/c1-5-4-6(2)9(12)7(8(5)11)10(13)14-3/h4,11-12H,1-3H3. The van der Waals surface area contributed by atoms with Crippen LogP contribution in [0.15, 0.2) is 6.07 Å². The van der Waals surface area contributed by atoms with E-state index in [-0.39, 0.29) is 17.1 Å². The molecule has 0 radical (unpaired) electrons. The van der Waals surface area contributed by atoms with Crippen molar-refractivity contribution in [2.75, 3.05) is 7.11 Å². The summed E-state index contributed by atoms with van der Waals surface area (Å²) in [6.07, 6.45) is 0. The molecule has 0 aliphatic carbocycles. The Hall–Kier alpha value is -1.71. The van der Waals surface area contributed by atoms with Gasteiger partial charge in [-0.1, -0.05) is 0 Å². The maximum atomic E-state index is 11.2. The van der Waals surface area contributed by atoms with Crippen molar-refractivity contribution in [2.24, 2.45) is 0 Å². The minimum atomic E-state index is -0.744. The first kappa shape index (κ1) is 10.4. The van der Waals surface area contributed by atoms with E-state index in [4.69, 9.17) is 0 Å². The maximum Gasteiger partial charge on any atom is 0.345 e. The van der Waals surface area contributed by atoms with Crippen LogP contribution in [0.5, 0.6) is 11.5 Å². The van der Waals surface area contributed by atoms with Crippen LogP contribution >= 0.6 is 0 Å². The monoisotopic (exact) mass is 196 g/mol. The molecule has 2 N–H and O–H groups in total. The SMILES string of the molecule is COC(=O)c1c(O)c(C)cc(C)c1O. The van der Waals surface area contributed by atoms with Crippen molar-refractivity contribution in [1.29, 1.82) is 0 Å². The molecule has 0 aliphatic heterocycles. The summed E-state index contributed by atoms with van der Waals surface area (Å²) in [4.78, 5) is 11.2. The van der Waals surface area contributed by atoms with Crippen molar-refractivity contribution in [3.8, 4) is 11.5 Å². The third kappa shape index (κ3) is 1.51. The molecular formula is C10H12O4. The molecule has 0 saturated heterocycles. The fraction of sp³-hybridized carbons (Fsp3) is 0.300. The average Bonchev–Trinajstić information content (AvgIpc) is 2.15. The summed E-state index contributed by atoms with van der Waals surface area (Å²) in [6, 6.07) is 1.59. The number of methoxy groups -OCH3 is 1. The number of hydrogen-bond acceptors (Lipinski definition) is 4. The zero-order valence-corrected chi connectivity index (χ0v) is 8.29. The van der Waals surface area contributed by atoms with Crippen LogP contribution in [0, 0.1) is 13.8 Å². The molecule has 1 aromatic rings. The summed E-state index contributed by atoms with van der Waals surface area (Å²) >= 11 is 0. The first-order chi connectivity index (χ1) is 6.49. The normalized spacial score (nSPS) is 9.93. The largest absolute Gasteiger partial charge is 0.507 e. The predicted molar refractivity (Wildman–Crippen MR) is 50.6 cm³/mol. The molecule has 0 bridgehead atoms. The number of ether oxygens (including phenoxy) is 1. The van der Waals surface area contributed by atoms with Gasteiger partial charge in [-0.25, -0.2) is 4.79 Å². The Labute approximate surface area is 81.8 Å². The maximum absolute atomic E-state index is 11.2. The zero-order valence-electron chi connectivity index (χ0n) is 8.29. The number of carbonyl (C=O) groups is 1. The van der Waals surface area contributed by atoms with Gasteiger partial charge >= 0.3 is 5.97 Å². The number of aromatic hydroxyl groups is 2. The fourth-order valence-corrected chi connectivity index (χ4v) is 1.26. The van der Waals surface area contributed by atoms with Crippen LogP contribution in [0.3, 0.4) is 0 Å². The van der Waals surface area contributed by atoms with E-state index in [9.17, 15) is 15.0 Å². The van der Waals surface area contributed by atoms with Gasteiger partial charge in [0.15, 0.2) is 0 Å². The second-order valence-electron chi connectivity index (χ2n) is 3.07. The van der Waals surface area contributed by atoms with Crippen LogP contribution < -0.4 is 0 Å². The average molecular weight is 196 g/mol. The molecule has 0 aromatic heterocycles. The zero-order chi connectivity index (χ0) is 10.9. The van der Waals surface area contributed by atoms with Crippen molar-refractivity contribution in [1.82, 2.24) is 0 Å². The summed E-state index contributed by atoms with van der Waals surface area (Å²) < 4.78 is 4.45. The van der Waals surface area contributed by atoms with E-state index in [1.165, 1.54) is 7.11 Å². The quantitative estimate of drug-likeness (QED) is 0.668. The molecule has 0 aliphatic rings. The molecule has 4 heteroatoms. The summed E-state index contributed by atoms with van der Waals surface area (Å²) in [7, 11) is 1.19. The van der Waals surface area contributed by atoms with Crippen molar-refractivity contribution in [2.45, 2.75) is 13.8 Å². The summed E-state index contributed by atoms with van der Waals surface area (Å²) in [5, 5.41) is 19.1. The lowest BCUT2D eigenvalue weighted by Crippen LogP contribution is -2.03. The molecule has 76 valence electrons. The van der Waals surface area contributed by atoms with Crippen molar-refractivity contribution < 1.29 is 19.7 Å². The minimum absolute atomic E-state index is 0.176. The van der Waals surface area contributed by atoms with Gasteiger partial charge in [0, 0.05) is 0 Å². The fourth-order valence-electron chi connectivity index (χ4n) is 1.26. The molecule has 0 saturated carbocycles. The third-order valence-electron chi connectivity index (χ3n) is 2.04. The van der Waals surface area contributed by atoms with Gasteiger partial charge in [-0.2, -0.15) is 0 Å². The molecule has 0 unspecified atom stereocenters. The topological polar surface area (TPSA) is 66.8 Å². The molecule has 1 aromatic carbocycles. The Morgan fingerprint density at radius 1 is 1.21 bits per heavy atom. The van der Waals surface area contributed by atoms with E-state index >= 15 is 0 Å². The van der Waals surface area contributed by atoms with Gasteiger partial charge in [0.2, 0.25) is 0 Å². The van der Waals surface area contributed by atoms with Crippen LogP contribution in [-0.4, -0.2) is 23.3 Å². The van der Waals surface area contributed by atoms with Crippen molar-refractivity contribution in [3.63, 3.8) is 0 Å². The second-order valence-corrected chi connectivity index (χ2v) is 3.07. The number of carbonyl (C=O) groups excluding carboxylic acids is 1.